The van der Waals surface area contributed by atoms with Gasteiger partial charge in [-0.25, -0.2) is 4.57 Å². The van der Waals surface area contributed by atoms with Crippen LogP contribution in [0.1, 0.15) is 13.3 Å². The van der Waals surface area contributed by atoms with E-state index >= 15 is 0 Å². The zero-order valence-electron chi connectivity index (χ0n) is 10.2. The van der Waals surface area contributed by atoms with Gasteiger partial charge in [-0.15, -0.1) is 0 Å². The first-order valence-corrected chi connectivity index (χ1v) is 6.91. The van der Waals surface area contributed by atoms with Gasteiger partial charge in [-0.05, 0) is 6.42 Å². The van der Waals surface area contributed by atoms with Gasteiger partial charge in [0.2, 0.25) is 0 Å². The van der Waals surface area contributed by atoms with Gasteiger partial charge in [0.1, 0.15) is 0 Å². The van der Waals surface area contributed by atoms with Crippen molar-refractivity contribution in [3.63, 3.8) is 0 Å². The molecule has 17 heavy (non-hydrogen) atoms. The van der Waals surface area contributed by atoms with Crippen molar-refractivity contribution in [2.75, 3.05) is 40.1 Å². The molecule has 0 bridgehead atoms. The Labute approximate surface area is 101 Å². The van der Waals surface area contributed by atoms with Gasteiger partial charge >= 0.3 is 7.82 Å². The van der Waals surface area contributed by atoms with Crippen LogP contribution in [0.25, 0.3) is 0 Å². The van der Waals surface area contributed by atoms with Crippen LogP contribution in [-0.2, 0) is 23.3 Å². The average Bonchev–Trinajstić information content (AvgIpc) is 2.26. The zero-order valence-corrected chi connectivity index (χ0v) is 11.1. The Morgan fingerprint density at radius 2 is 1.82 bits per heavy atom. The van der Waals surface area contributed by atoms with Gasteiger partial charge in [0.05, 0.1) is 39.1 Å². The molecule has 0 amide bonds. The molecule has 0 saturated carbocycles. The zero-order chi connectivity index (χ0) is 13.1. The molecule has 0 aliphatic heterocycles. The third kappa shape index (κ3) is 12.2. The fourth-order valence-corrected chi connectivity index (χ4v) is 1.34. The highest BCUT2D eigenvalue weighted by atomic mass is 31.2. The minimum Gasteiger partial charge on any atom is -0.382 e. The highest BCUT2D eigenvalue weighted by molar-refractivity contribution is 7.46. The Hall–Kier alpha value is -0.0100. The molecule has 0 aromatic rings. The molecule has 0 radical (unpaired) electrons. The molecular formula is C9H21O7P. The van der Waals surface area contributed by atoms with E-state index in [1.165, 1.54) is 0 Å². The number of methoxy groups -OCH3 is 1. The lowest BCUT2D eigenvalue weighted by Gasteiger charge is -2.16. The topological polar surface area (TPSA) is 94.5 Å². The highest BCUT2D eigenvalue weighted by Gasteiger charge is 2.17. The second-order valence-corrected chi connectivity index (χ2v) is 4.53. The van der Waals surface area contributed by atoms with Crippen molar-refractivity contribution in [1.82, 2.24) is 0 Å². The maximum Gasteiger partial charge on any atom is 0.469 e. The summed E-state index contributed by atoms with van der Waals surface area (Å²) in [5, 5.41) is 0. The third-order valence-corrected chi connectivity index (χ3v) is 2.38. The number of hydrogen-bond acceptors (Lipinski definition) is 5. The molecule has 2 N–H and O–H groups in total. The minimum absolute atomic E-state index is 0.126. The van der Waals surface area contributed by atoms with Crippen molar-refractivity contribution in [2.45, 2.75) is 19.4 Å². The second kappa shape index (κ2) is 9.96. The van der Waals surface area contributed by atoms with Crippen molar-refractivity contribution in [1.29, 1.82) is 0 Å². The molecular weight excluding hydrogens is 251 g/mol. The van der Waals surface area contributed by atoms with E-state index in [4.69, 9.17) is 24.0 Å². The molecule has 0 fully saturated rings. The standard InChI is InChI=1S/C9H21O7P/c1-3-9(8-16-17(10,11)12)15-7-6-14-5-4-13-2/h9H,3-8H2,1-2H3,(H2,10,11,12). The summed E-state index contributed by atoms with van der Waals surface area (Å²) >= 11 is 0. The van der Waals surface area contributed by atoms with Crippen LogP contribution in [0.15, 0.2) is 0 Å². The van der Waals surface area contributed by atoms with Crippen LogP contribution in [0.4, 0.5) is 0 Å². The first-order valence-electron chi connectivity index (χ1n) is 5.38. The summed E-state index contributed by atoms with van der Waals surface area (Å²) < 4.78 is 30.1. The largest absolute Gasteiger partial charge is 0.469 e. The minimum atomic E-state index is -4.41. The van der Waals surface area contributed by atoms with Crippen molar-refractivity contribution >= 4 is 7.82 Å². The summed E-state index contributed by atoms with van der Waals surface area (Å²) in [4.78, 5) is 17.1. The molecule has 104 valence electrons. The predicted octanol–water partition coefficient (Wildman–Crippen LogP) is 0.554. The van der Waals surface area contributed by atoms with E-state index in [9.17, 15) is 4.57 Å². The number of phosphoric acid groups is 1. The summed E-state index contributed by atoms with van der Waals surface area (Å²) in [6.45, 7) is 3.51. The quantitative estimate of drug-likeness (QED) is 0.419. The Kier molecular flexibility index (Phi) is 9.96. The average molecular weight is 272 g/mol. The van der Waals surface area contributed by atoms with Crippen molar-refractivity contribution in [3.8, 4) is 0 Å². The summed E-state index contributed by atoms with van der Waals surface area (Å²) in [5.41, 5.74) is 0. The van der Waals surface area contributed by atoms with Gasteiger partial charge in [0.15, 0.2) is 0 Å². The summed E-state index contributed by atoms with van der Waals surface area (Å²) in [7, 11) is -2.82. The molecule has 1 atom stereocenters. The molecule has 0 aliphatic rings. The third-order valence-electron chi connectivity index (χ3n) is 1.90. The number of phosphoric ester groups is 1. The Morgan fingerprint density at radius 1 is 1.18 bits per heavy atom. The first-order chi connectivity index (χ1) is 7.99. The maximum atomic E-state index is 10.5. The van der Waals surface area contributed by atoms with E-state index in [1.807, 2.05) is 6.92 Å². The molecule has 7 nitrogen and oxygen atoms in total. The number of hydrogen-bond donors (Lipinski definition) is 2. The molecule has 0 saturated heterocycles. The van der Waals surface area contributed by atoms with E-state index in [1.54, 1.807) is 7.11 Å². The number of rotatable bonds is 11. The maximum absolute atomic E-state index is 10.5. The SMILES string of the molecule is CCC(COP(=O)(O)O)OCCOCCOC. The van der Waals surface area contributed by atoms with Gasteiger partial charge < -0.3 is 24.0 Å². The van der Waals surface area contributed by atoms with Crippen molar-refractivity contribution in [2.24, 2.45) is 0 Å². The van der Waals surface area contributed by atoms with Crippen LogP contribution in [0.3, 0.4) is 0 Å². The van der Waals surface area contributed by atoms with E-state index in [0.29, 0.717) is 32.8 Å². The monoisotopic (exact) mass is 272 g/mol. The Balaban J connectivity index is 3.51. The van der Waals surface area contributed by atoms with Gasteiger partial charge in [-0.2, -0.15) is 0 Å². The fourth-order valence-electron chi connectivity index (χ4n) is 0.982. The van der Waals surface area contributed by atoms with Crippen LogP contribution in [0.2, 0.25) is 0 Å². The van der Waals surface area contributed by atoms with E-state index in [2.05, 4.69) is 4.52 Å². The van der Waals surface area contributed by atoms with Crippen LogP contribution >= 0.6 is 7.82 Å². The summed E-state index contributed by atoms with van der Waals surface area (Å²) in [6, 6.07) is 0. The fraction of sp³-hybridized carbons (Fsp3) is 1.00. The van der Waals surface area contributed by atoms with E-state index in [0.717, 1.165) is 0 Å². The molecule has 0 aromatic heterocycles. The van der Waals surface area contributed by atoms with Crippen LogP contribution < -0.4 is 0 Å². The van der Waals surface area contributed by atoms with Crippen molar-refractivity contribution < 1.29 is 33.1 Å². The normalized spacial score (nSPS) is 13.9. The lowest BCUT2D eigenvalue weighted by atomic mass is 10.3. The molecule has 0 aromatic carbocycles. The van der Waals surface area contributed by atoms with Crippen LogP contribution in [0.5, 0.6) is 0 Å². The molecule has 0 spiro atoms. The Morgan fingerprint density at radius 3 is 2.35 bits per heavy atom. The molecule has 1 unspecified atom stereocenters. The van der Waals surface area contributed by atoms with E-state index in [-0.39, 0.29) is 12.7 Å². The predicted molar refractivity (Wildman–Crippen MR) is 60.7 cm³/mol. The lowest BCUT2D eigenvalue weighted by molar-refractivity contribution is -0.0264. The molecule has 0 rings (SSSR count). The summed E-state index contributed by atoms with van der Waals surface area (Å²) in [6.07, 6.45) is 0.270. The molecule has 0 aliphatic carbocycles. The molecule has 8 heteroatoms. The van der Waals surface area contributed by atoms with Gasteiger partial charge in [0.25, 0.3) is 0 Å². The van der Waals surface area contributed by atoms with Crippen LogP contribution in [-0.4, -0.2) is 56.0 Å². The smallest absolute Gasteiger partial charge is 0.382 e. The van der Waals surface area contributed by atoms with Gasteiger partial charge in [-0.3, -0.25) is 4.52 Å². The number of ether oxygens (including phenoxy) is 3. The van der Waals surface area contributed by atoms with Crippen LogP contribution in [0, 0.1) is 0 Å². The lowest BCUT2D eigenvalue weighted by Crippen LogP contribution is -2.21. The van der Waals surface area contributed by atoms with Gasteiger partial charge in [0, 0.05) is 7.11 Å². The Bertz CT molecular complexity index is 217. The first kappa shape index (κ1) is 17.0. The summed E-state index contributed by atoms with van der Waals surface area (Å²) in [5.74, 6) is 0. The molecule has 0 heterocycles. The van der Waals surface area contributed by atoms with Crippen molar-refractivity contribution in [3.05, 3.63) is 0 Å². The second-order valence-electron chi connectivity index (χ2n) is 3.29. The van der Waals surface area contributed by atoms with Gasteiger partial charge in [-0.1, -0.05) is 6.92 Å². The highest BCUT2D eigenvalue weighted by Crippen LogP contribution is 2.35. The van der Waals surface area contributed by atoms with E-state index < -0.39 is 7.82 Å².